The van der Waals surface area contributed by atoms with Crippen molar-refractivity contribution in [3.63, 3.8) is 0 Å². The monoisotopic (exact) mass is 322 g/mol. The molecule has 4 nitrogen and oxygen atoms in total. The Balaban J connectivity index is 0.000000789. The Kier molecular flexibility index (Phi) is 11.9. The lowest BCUT2D eigenvalue weighted by Crippen LogP contribution is -2.05. The lowest BCUT2D eigenvalue weighted by molar-refractivity contribution is 0.414. The summed E-state index contributed by atoms with van der Waals surface area (Å²) in [5.41, 5.74) is 1.00. The van der Waals surface area contributed by atoms with Gasteiger partial charge < -0.3 is 4.74 Å². The van der Waals surface area contributed by atoms with Gasteiger partial charge in [0.05, 0.1) is 13.3 Å². The van der Waals surface area contributed by atoms with Crippen molar-refractivity contribution in [2.24, 2.45) is 0 Å². The highest BCUT2D eigenvalue weighted by atomic mass is 32.2. The Morgan fingerprint density at radius 1 is 1.18 bits per heavy atom. The highest BCUT2D eigenvalue weighted by Crippen LogP contribution is 2.21. The fraction of sp³-hybridized carbons (Fsp3) is 0.412. The first-order valence-corrected chi connectivity index (χ1v) is 8.48. The molecule has 0 unspecified atom stereocenters. The van der Waals surface area contributed by atoms with E-state index in [0.29, 0.717) is 0 Å². The van der Waals surface area contributed by atoms with Crippen LogP contribution in [0.4, 0.5) is 0 Å². The summed E-state index contributed by atoms with van der Waals surface area (Å²) in [6.45, 7) is 8.25. The summed E-state index contributed by atoms with van der Waals surface area (Å²) >= 11 is 1.58. The second-order valence-electron chi connectivity index (χ2n) is 4.12. The van der Waals surface area contributed by atoms with Gasteiger partial charge in [0.1, 0.15) is 5.75 Å². The molecule has 1 aromatic heterocycles. The molecule has 1 heterocycles. The van der Waals surface area contributed by atoms with Crippen molar-refractivity contribution < 1.29 is 4.74 Å². The van der Waals surface area contributed by atoms with Gasteiger partial charge >= 0.3 is 0 Å². The number of H-pyrrole nitrogens is 1. The van der Waals surface area contributed by atoms with Gasteiger partial charge in [-0.15, -0.1) is 11.8 Å². The van der Waals surface area contributed by atoms with Crippen molar-refractivity contribution in [1.82, 2.24) is 10.2 Å². The Morgan fingerprint density at radius 2 is 1.77 bits per heavy atom. The van der Waals surface area contributed by atoms with Crippen molar-refractivity contribution in [3.8, 4) is 5.75 Å². The molecular formula is C17H26N2O2S. The van der Waals surface area contributed by atoms with Crippen molar-refractivity contribution in [2.75, 3.05) is 7.11 Å². The number of aromatic nitrogens is 2. The van der Waals surface area contributed by atoms with Crippen LogP contribution in [0.3, 0.4) is 0 Å². The number of rotatable bonds is 4. The largest absolute Gasteiger partial charge is 0.497 e. The van der Waals surface area contributed by atoms with Crippen LogP contribution in [0.5, 0.6) is 5.75 Å². The van der Waals surface area contributed by atoms with E-state index in [2.05, 4.69) is 24.0 Å². The standard InChI is InChI=1S/C12H12N2O2S.C3H8.C2H6/c1-16-10-4-2-9(3-5-10)8-17-11-6-12(15)14-13-7-11;1-3-2;1-2/h2-7H,8H2,1H3,(H,14,15);3H2,1-2H3;1-2H3. The van der Waals surface area contributed by atoms with Gasteiger partial charge in [0, 0.05) is 16.7 Å². The molecular weight excluding hydrogens is 296 g/mol. The number of thioether (sulfide) groups is 1. The minimum Gasteiger partial charge on any atom is -0.497 e. The second-order valence-corrected chi connectivity index (χ2v) is 5.17. The zero-order chi connectivity index (χ0) is 16.8. The predicted molar refractivity (Wildman–Crippen MR) is 94.7 cm³/mol. The van der Waals surface area contributed by atoms with Crippen LogP contribution in [0.15, 0.2) is 46.2 Å². The van der Waals surface area contributed by atoms with Gasteiger partial charge in [0.25, 0.3) is 5.56 Å². The highest BCUT2D eigenvalue weighted by molar-refractivity contribution is 7.98. The van der Waals surface area contributed by atoms with Gasteiger partial charge in [-0.05, 0) is 17.7 Å². The fourth-order valence-electron chi connectivity index (χ4n) is 1.33. The Bertz CT molecular complexity index is 553. The summed E-state index contributed by atoms with van der Waals surface area (Å²) in [7, 11) is 1.64. The van der Waals surface area contributed by atoms with Crippen LogP contribution in [-0.2, 0) is 5.75 Å². The number of hydrogen-bond donors (Lipinski definition) is 1. The normalized spacial score (nSPS) is 8.95. The van der Waals surface area contributed by atoms with Crippen LogP contribution in [0.1, 0.15) is 39.7 Å². The number of nitrogens with one attached hydrogen (secondary N) is 1. The van der Waals surface area contributed by atoms with Crippen LogP contribution in [0.25, 0.3) is 0 Å². The van der Waals surface area contributed by atoms with Crippen LogP contribution >= 0.6 is 11.8 Å². The third-order valence-electron chi connectivity index (χ3n) is 2.20. The molecule has 5 heteroatoms. The molecule has 0 aliphatic rings. The van der Waals surface area contributed by atoms with Crippen molar-refractivity contribution in [1.29, 1.82) is 0 Å². The molecule has 2 rings (SSSR count). The average Bonchev–Trinajstić information content (AvgIpc) is 2.56. The van der Waals surface area contributed by atoms with E-state index in [9.17, 15) is 4.79 Å². The first-order valence-electron chi connectivity index (χ1n) is 7.50. The van der Waals surface area contributed by atoms with Gasteiger partial charge in [-0.25, -0.2) is 5.10 Å². The molecule has 0 saturated carbocycles. The minimum absolute atomic E-state index is 0.176. The van der Waals surface area contributed by atoms with Gasteiger partial charge in [0.15, 0.2) is 0 Å². The summed E-state index contributed by atoms with van der Waals surface area (Å²) < 4.78 is 5.09. The Labute approximate surface area is 137 Å². The van der Waals surface area contributed by atoms with Crippen LogP contribution in [0.2, 0.25) is 0 Å². The topological polar surface area (TPSA) is 55.0 Å². The van der Waals surface area contributed by atoms with Crippen LogP contribution in [-0.4, -0.2) is 17.3 Å². The zero-order valence-electron chi connectivity index (χ0n) is 14.1. The van der Waals surface area contributed by atoms with Crippen molar-refractivity contribution in [2.45, 2.75) is 44.8 Å². The average molecular weight is 322 g/mol. The van der Waals surface area contributed by atoms with Gasteiger partial charge in [-0.1, -0.05) is 46.2 Å². The van der Waals surface area contributed by atoms with E-state index in [1.807, 2.05) is 38.1 Å². The highest BCUT2D eigenvalue weighted by Gasteiger charge is 1.98. The number of nitrogens with zero attached hydrogens (tertiary/aromatic N) is 1. The zero-order valence-corrected chi connectivity index (χ0v) is 14.9. The number of ether oxygens (including phenoxy) is 1. The third-order valence-corrected chi connectivity index (χ3v) is 3.24. The molecule has 122 valence electrons. The van der Waals surface area contributed by atoms with Gasteiger partial charge in [-0.2, -0.15) is 5.10 Å². The maximum atomic E-state index is 11.0. The van der Waals surface area contributed by atoms with E-state index in [4.69, 9.17) is 4.74 Å². The van der Waals surface area contributed by atoms with Crippen molar-refractivity contribution >= 4 is 11.8 Å². The molecule has 0 spiro atoms. The summed E-state index contributed by atoms with van der Waals surface area (Å²) in [6, 6.07) is 9.40. The van der Waals surface area contributed by atoms with Gasteiger partial charge in [0.2, 0.25) is 0 Å². The van der Waals surface area contributed by atoms with E-state index in [1.165, 1.54) is 12.0 Å². The van der Waals surface area contributed by atoms with E-state index in [0.717, 1.165) is 16.4 Å². The minimum atomic E-state index is -0.176. The third kappa shape index (κ3) is 8.52. The molecule has 0 aliphatic carbocycles. The maximum Gasteiger partial charge on any atom is 0.265 e. The molecule has 1 N–H and O–H groups in total. The van der Waals surface area contributed by atoms with Crippen molar-refractivity contribution in [3.05, 3.63) is 52.4 Å². The SMILES string of the molecule is CC.CCC.COc1ccc(CSc2cn[nH]c(=O)c2)cc1. The van der Waals surface area contributed by atoms with E-state index >= 15 is 0 Å². The maximum absolute atomic E-state index is 11.0. The molecule has 0 aliphatic heterocycles. The van der Waals surface area contributed by atoms with Crippen LogP contribution < -0.4 is 10.3 Å². The van der Waals surface area contributed by atoms with Crippen LogP contribution in [0, 0.1) is 0 Å². The molecule has 0 bridgehead atoms. The number of aromatic amines is 1. The summed E-state index contributed by atoms with van der Waals surface area (Å²) in [6.07, 6.45) is 2.90. The van der Waals surface area contributed by atoms with E-state index < -0.39 is 0 Å². The number of methoxy groups -OCH3 is 1. The molecule has 2 aromatic rings. The fourth-order valence-corrected chi connectivity index (χ4v) is 2.17. The molecule has 22 heavy (non-hydrogen) atoms. The summed E-state index contributed by atoms with van der Waals surface area (Å²) in [5, 5.41) is 6.10. The van der Waals surface area contributed by atoms with Gasteiger partial charge in [-0.3, -0.25) is 4.79 Å². The first-order chi connectivity index (χ1) is 10.7. The number of benzene rings is 1. The summed E-state index contributed by atoms with van der Waals surface area (Å²) in [5.74, 6) is 1.64. The second kappa shape index (κ2) is 13.0. The summed E-state index contributed by atoms with van der Waals surface area (Å²) in [4.78, 5) is 11.9. The lowest BCUT2D eigenvalue weighted by atomic mass is 10.2. The Hall–Kier alpha value is -1.75. The van der Waals surface area contributed by atoms with E-state index in [1.54, 1.807) is 31.1 Å². The quantitative estimate of drug-likeness (QED) is 0.841. The molecule has 0 saturated heterocycles. The molecule has 0 radical (unpaired) electrons. The lowest BCUT2D eigenvalue weighted by Gasteiger charge is -2.03. The smallest absolute Gasteiger partial charge is 0.265 e. The molecule has 0 atom stereocenters. The Morgan fingerprint density at radius 3 is 2.27 bits per heavy atom. The molecule has 0 fully saturated rings. The molecule has 0 amide bonds. The number of hydrogen-bond acceptors (Lipinski definition) is 4. The molecule has 1 aromatic carbocycles. The van der Waals surface area contributed by atoms with E-state index in [-0.39, 0.29) is 5.56 Å². The first kappa shape index (κ1) is 20.2. The predicted octanol–water partition coefficient (Wildman–Crippen LogP) is 4.51.